The fourth-order valence-corrected chi connectivity index (χ4v) is 3.00. The van der Waals surface area contributed by atoms with E-state index in [1.807, 2.05) is 0 Å². The van der Waals surface area contributed by atoms with Crippen LogP contribution in [0.1, 0.15) is 12.8 Å². The molecule has 0 N–H and O–H groups in total. The molecule has 1 aromatic rings. The van der Waals surface area contributed by atoms with Crippen molar-refractivity contribution in [3.8, 4) is 0 Å². The monoisotopic (exact) mass is 290 g/mol. The van der Waals surface area contributed by atoms with Crippen LogP contribution in [0.2, 0.25) is 0 Å². The molecule has 0 aromatic carbocycles. The number of hydrogen-bond acceptors (Lipinski definition) is 5. The summed E-state index contributed by atoms with van der Waals surface area (Å²) < 4.78 is 0.859. The third-order valence-corrected chi connectivity index (χ3v) is 4.37. The van der Waals surface area contributed by atoms with Crippen molar-refractivity contribution in [3.05, 3.63) is 3.92 Å². The molecule has 1 aliphatic heterocycles. The number of piperidine rings is 1. The molecule has 0 aliphatic carbocycles. The molecule has 15 heavy (non-hydrogen) atoms. The van der Waals surface area contributed by atoms with Crippen molar-refractivity contribution in [1.82, 2.24) is 15.1 Å². The fourth-order valence-electron chi connectivity index (χ4n) is 1.88. The quantitative estimate of drug-likeness (QED) is 0.832. The zero-order chi connectivity index (χ0) is 10.8. The SMILES string of the molecule is CN1CCC(N(C)c2nnc(Br)s2)CC1. The smallest absolute Gasteiger partial charge is 0.209 e. The van der Waals surface area contributed by atoms with Crippen LogP contribution in [0.3, 0.4) is 0 Å². The highest BCUT2D eigenvalue weighted by Crippen LogP contribution is 2.27. The van der Waals surface area contributed by atoms with Crippen LogP contribution in [0.4, 0.5) is 5.13 Å². The molecule has 2 heterocycles. The summed E-state index contributed by atoms with van der Waals surface area (Å²) in [5, 5.41) is 9.14. The largest absolute Gasteiger partial charge is 0.347 e. The normalized spacial score (nSPS) is 19.4. The van der Waals surface area contributed by atoms with Gasteiger partial charge in [-0.25, -0.2) is 0 Å². The highest BCUT2D eigenvalue weighted by Gasteiger charge is 2.22. The molecule has 0 saturated carbocycles. The van der Waals surface area contributed by atoms with Crippen LogP contribution >= 0.6 is 27.3 Å². The molecule has 0 bridgehead atoms. The van der Waals surface area contributed by atoms with Crippen molar-refractivity contribution in [2.45, 2.75) is 18.9 Å². The molecule has 4 nitrogen and oxygen atoms in total. The molecule has 0 amide bonds. The molecule has 1 aliphatic rings. The standard InChI is InChI=1S/C9H15BrN4S/c1-13-5-3-7(4-6-13)14(2)9-12-11-8(10)15-9/h7H,3-6H2,1-2H3. The zero-order valence-electron chi connectivity index (χ0n) is 8.98. The minimum Gasteiger partial charge on any atom is -0.347 e. The van der Waals surface area contributed by atoms with Gasteiger partial charge in [0.15, 0.2) is 3.92 Å². The van der Waals surface area contributed by atoms with Crippen molar-refractivity contribution in [2.24, 2.45) is 0 Å². The summed E-state index contributed by atoms with van der Waals surface area (Å²) in [4.78, 5) is 4.63. The van der Waals surface area contributed by atoms with Crippen LogP contribution < -0.4 is 4.90 Å². The maximum atomic E-state index is 4.14. The molecule has 1 saturated heterocycles. The molecule has 0 radical (unpaired) electrons. The lowest BCUT2D eigenvalue weighted by Gasteiger charge is -2.34. The van der Waals surface area contributed by atoms with Crippen molar-refractivity contribution < 1.29 is 0 Å². The Labute approximate surface area is 102 Å². The van der Waals surface area contributed by atoms with E-state index in [1.54, 1.807) is 11.3 Å². The highest BCUT2D eigenvalue weighted by molar-refractivity contribution is 9.11. The van der Waals surface area contributed by atoms with Crippen LogP contribution in [-0.2, 0) is 0 Å². The molecule has 1 fully saturated rings. The maximum Gasteiger partial charge on any atom is 0.209 e. The van der Waals surface area contributed by atoms with Crippen molar-refractivity contribution >= 4 is 32.4 Å². The molecule has 1 aromatic heterocycles. The van der Waals surface area contributed by atoms with Gasteiger partial charge in [-0.15, -0.1) is 10.2 Å². The number of nitrogens with zero attached hydrogens (tertiary/aromatic N) is 4. The van der Waals surface area contributed by atoms with Gasteiger partial charge in [-0.05, 0) is 48.9 Å². The number of aromatic nitrogens is 2. The van der Waals surface area contributed by atoms with Crippen LogP contribution in [0.15, 0.2) is 3.92 Å². The lowest BCUT2D eigenvalue weighted by atomic mass is 10.1. The first-order chi connectivity index (χ1) is 7.16. The van der Waals surface area contributed by atoms with E-state index in [9.17, 15) is 0 Å². The van der Waals surface area contributed by atoms with Gasteiger partial charge < -0.3 is 9.80 Å². The summed E-state index contributed by atoms with van der Waals surface area (Å²) in [5.41, 5.74) is 0. The third kappa shape index (κ3) is 2.68. The van der Waals surface area contributed by atoms with E-state index in [0.29, 0.717) is 6.04 Å². The van der Waals surface area contributed by atoms with Gasteiger partial charge in [0.1, 0.15) is 0 Å². The second kappa shape index (κ2) is 4.76. The Morgan fingerprint density at radius 3 is 2.60 bits per heavy atom. The van der Waals surface area contributed by atoms with E-state index in [-0.39, 0.29) is 0 Å². The summed E-state index contributed by atoms with van der Waals surface area (Å²) in [6.07, 6.45) is 2.42. The van der Waals surface area contributed by atoms with Gasteiger partial charge >= 0.3 is 0 Å². The van der Waals surface area contributed by atoms with Crippen LogP contribution in [0.5, 0.6) is 0 Å². The molecular formula is C9H15BrN4S. The molecule has 0 unspecified atom stereocenters. The Kier molecular flexibility index (Phi) is 3.58. The number of likely N-dealkylation sites (tertiary alicyclic amines) is 1. The highest BCUT2D eigenvalue weighted by atomic mass is 79.9. The van der Waals surface area contributed by atoms with Gasteiger partial charge in [0.05, 0.1) is 0 Å². The second-order valence-electron chi connectivity index (χ2n) is 3.98. The Morgan fingerprint density at radius 2 is 2.07 bits per heavy atom. The van der Waals surface area contributed by atoms with Crippen LogP contribution in [0.25, 0.3) is 0 Å². The minimum absolute atomic E-state index is 0.612. The van der Waals surface area contributed by atoms with Gasteiger partial charge in [0.2, 0.25) is 5.13 Å². The molecule has 2 rings (SSSR count). The van der Waals surface area contributed by atoms with Gasteiger partial charge in [0, 0.05) is 13.1 Å². The minimum atomic E-state index is 0.612. The van der Waals surface area contributed by atoms with E-state index < -0.39 is 0 Å². The predicted molar refractivity (Wildman–Crippen MR) is 66.5 cm³/mol. The number of anilines is 1. The Balaban J connectivity index is 1.99. The third-order valence-electron chi connectivity index (χ3n) is 2.93. The van der Waals surface area contributed by atoms with Crippen molar-refractivity contribution in [2.75, 3.05) is 32.1 Å². The topological polar surface area (TPSA) is 32.3 Å². The van der Waals surface area contributed by atoms with E-state index >= 15 is 0 Å². The Morgan fingerprint density at radius 1 is 1.40 bits per heavy atom. The van der Waals surface area contributed by atoms with Gasteiger partial charge in [-0.3, -0.25) is 0 Å². The van der Waals surface area contributed by atoms with E-state index in [1.165, 1.54) is 25.9 Å². The Hall–Kier alpha value is -0.200. The first kappa shape index (κ1) is 11.3. The molecule has 0 spiro atoms. The molecule has 6 heteroatoms. The van der Waals surface area contributed by atoms with Crippen LogP contribution in [0, 0.1) is 0 Å². The first-order valence-corrected chi connectivity index (χ1v) is 6.68. The van der Waals surface area contributed by atoms with Crippen LogP contribution in [-0.4, -0.2) is 48.3 Å². The van der Waals surface area contributed by atoms with Crippen molar-refractivity contribution in [3.63, 3.8) is 0 Å². The van der Waals surface area contributed by atoms with Gasteiger partial charge in [0.25, 0.3) is 0 Å². The average Bonchev–Trinajstić information content (AvgIpc) is 2.65. The van der Waals surface area contributed by atoms with Gasteiger partial charge in [-0.1, -0.05) is 11.3 Å². The lowest BCUT2D eigenvalue weighted by molar-refractivity contribution is 0.252. The molecule has 0 atom stereocenters. The average molecular weight is 291 g/mol. The predicted octanol–water partition coefficient (Wildman–Crippen LogP) is 1.83. The summed E-state index contributed by atoms with van der Waals surface area (Å²) in [7, 11) is 4.29. The fraction of sp³-hybridized carbons (Fsp3) is 0.778. The van der Waals surface area contributed by atoms with E-state index in [4.69, 9.17) is 0 Å². The summed E-state index contributed by atoms with van der Waals surface area (Å²) in [6.45, 7) is 2.35. The summed E-state index contributed by atoms with van der Waals surface area (Å²) in [5.74, 6) is 0. The maximum absolute atomic E-state index is 4.14. The Bertz CT molecular complexity index is 322. The molecule has 84 valence electrons. The number of hydrogen-bond donors (Lipinski definition) is 0. The number of rotatable bonds is 2. The summed E-state index contributed by atoms with van der Waals surface area (Å²) >= 11 is 4.94. The lowest BCUT2D eigenvalue weighted by Crippen LogP contribution is -2.41. The van der Waals surface area contributed by atoms with Crippen molar-refractivity contribution in [1.29, 1.82) is 0 Å². The zero-order valence-corrected chi connectivity index (χ0v) is 11.4. The van der Waals surface area contributed by atoms with Gasteiger partial charge in [-0.2, -0.15) is 0 Å². The first-order valence-electron chi connectivity index (χ1n) is 5.07. The second-order valence-corrected chi connectivity index (χ2v) is 6.21. The summed E-state index contributed by atoms with van der Waals surface area (Å²) in [6, 6.07) is 0.612. The number of halogens is 1. The van der Waals surface area contributed by atoms with E-state index in [0.717, 1.165) is 9.05 Å². The van der Waals surface area contributed by atoms with E-state index in [2.05, 4.69) is 50.0 Å². The molecular weight excluding hydrogens is 276 g/mol.